The first-order chi connectivity index (χ1) is 7.65. The number of likely N-dealkylation sites (tertiary alicyclic amines) is 1. The fourth-order valence-electron chi connectivity index (χ4n) is 2.48. The van der Waals surface area contributed by atoms with E-state index in [2.05, 4.69) is 18.7 Å². The Labute approximate surface area is 98.8 Å². The van der Waals surface area contributed by atoms with Gasteiger partial charge in [0.05, 0.1) is 6.42 Å². The summed E-state index contributed by atoms with van der Waals surface area (Å²) in [7, 11) is 0. The Bertz CT molecular complexity index is 212. The maximum Gasteiger partial charge on any atom is 0.303 e. The van der Waals surface area contributed by atoms with E-state index in [9.17, 15) is 4.79 Å². The zero-order valence-corrected chi connectivity index (χ0v) is 10.6. The first-order valence-electron chi connectivity index (χ1n) is 6.59. The molecule has 16 heavy (non-hydrogen) atoms. The maximum atomic E-state index is 10.5. The van der Waals surface area contributed by atoms with Gasteiger partial charge in [-0.05, 0) is 18.3 Å². The highest BCUT2D eigenvalue weighted by Gasteiger charge is 2.29. The third-order valence-electron chi connectivity index (χ3n) is 3.56. The van der Waals surface area contributed by atoms with Crippen LogP contribution in [-0.2, 0) is 4.79 Å². The van der Waals surface area contributed by atoms with Crippen LogP contribution in [0.4, 0.5) is 0 Å². The van der Waals surface area contributed by atoms with Crippen molar-refractivity contribution >= 4 is 5.97 Å². The number of rotatable bonds is 8. The second kappa shape index (κ2) is 6.89. The van der Waals surface area contributed by atoms with E-state index in [1.54, 1.807) is 0 Å². The quantitative estimate of drug-likeness (QED) is 0.693. The summed E-state index contributed by atoms with van der Waals surface area (Å²) in [6.45, 7) is 7.66. The molecule has 1 aliphatic rings. The van der Waals surface area contributed by atoms with Gasteiger partial charge in [-0.25, -0.2) is 0 Å². The highest BCUT2D eigenvalue weighted by atomic mass is 16.4. The third kappa shape index (κ3) is 4.52. The van der Waals surface area contributed by atoms with Crippen molar-refractivity contribution in [2.45, 2.75) is 46.0 Å². The summed E-state index contributed by atoms with van der Waals surface area (Å²) in [4.78, 5) is 12.9. The molecule has 0 bridgehead atoms. The highest BCUT2D eigenvalue weighted by Crippen LogP contribution is 2.23. The Balaban J connectivity index is 2.12. The summed E-state index contributed by atoms with van der Waals surface area (Å²) < 4.78 is 0. The molecule has 1 N–H and O–H groups in total. The Morgan fingerprint density at radius 3 is 2.62 bits per heavy atom. The molecule has 0 aromatic carbocycles. The summed E-state index contributed by atoms with van der Waals surface area (Å²) in [6, 6.07) is 0. The molecule has 1 fully saturated rings. The molecule has 3 heteroatoms. The average Bonchev–Trinajstić information content (AvgIpc) is 2.19. The van der Waals surface area contributed by atoms with E-state index < -0.39 is 5.97 Å². The molecule has 3 nitrogen and oxygen atoms in total. The molecule has 0 aromatic heterocycles. The molecule has 0 amide bonds. The van der Waals surface area contributed by atoms with Crippen LogP contribution in [-0.4, -0.2) is 35.6 Å². The van der Waals surface area contributed by atoms with E-state index >= 15 is 0 Å². The molecule has 1 aliphatic heterocycles. The molecule has 1 heterocycles. The SMILES string of the molecule is CCCCC(CC)CN1CC(CC(=O)O)C1. The number of carbonyl (C=O) groups is 1. The lowest BCUT2D eigenvalue weighted by Crippen LogP contribution is -2.49. The van der Waals surface area contributed by atoms with Gasteiger partial charge in [0.15, 0.2) is 0 Å². The predicted molar refractivity (Wildman–Crippen MR) is 65.5 cm³/mol. The zero-order valence-electron chi connectivity index (χ0n) is 10.6. The summed E-state index contributed by atoms with van der Waals surface area (Å²) in [6.07, 6.45) is 5.53. The fourth-order valence-corrected chi connectivity index (χ4v) is 2.48. The van der Waals surface area contributed by atoms with Crippen molar-refractivity contribution in [2.75, 3.05) is 19.6 Å². The highest BCUT2D eigenvalue weighted by molar-refractivity contribution is 5.67. The van der Waals surface area contributed by atoms with Crippen LogP contribution in [0, 0.1) is 11.8 Å². The maximum absolute atomic E-state index is 10.5. The largest absolute Gasteiger partial charge is 0.481 e. The van der Waals surface area contributed by atoms with Crippen LogP contribution < -0.4 is 0 Å². The van der Waals surface area contributed by atoms with E-state index in [1.807, 2.05) is 0 Å². The van der Waals surface area contributed by atoms with Crippen LogP contribution in [0.1, 0.15) is 46.0 Å². The number of aliphatic carboxylic acids is 1. The number of hydrogen-bond acceptors (Lipinski definition) is 2. The van der Waals surface area contributed by atoms with Crippen molar-refractivity contribution in [2.24, 2.45) is 11.8 Å². The number of nitrogens with zero attached hydrogens (tertiary/aromatic N) is 1. The van der Waals surface area contributed by atoms with Crippen molar-refractivity contribution in [1.29, 1.82) is 0 Å². The van der Waals surface area contributed by atoms with E-state index in [-0.39, 0.29) is 0 Å². The Morgan fingerprint density at radius 1 is 1.44 bits per heavy atom. The molecule has 94 valence electrons. The second-order valence-electron chi connectivity index (χ2n) is 5.10. The number of hydrogen-bond donors (Lipinski definition) is 1. The van der Waals surface area contributed by atoms with Crippen molar-refractivity contribution in [3.63, 3.8) is 0 Å². The van der Waals surface area contributed by atoms with Crippen LogP contribution in [0.2, 0.25) is 0 Å². The van der Waals surface area contributed by atoms with Gasteiger partial charge in [-0.3, -0.25) is 4.79 Å². The lowest BCUT2D eigenvalue weighted by atomic mass is 9.92. The first kappa shape index (κ1) is 13.5. The van der Waals surface area contributed by atoms with Gasteiger partial charge in [0, 0.05) is 19.6 Å². The molecular weight excluding hydrogens is 202 g/mol. The lowest BCUT2D eigenvalue weighted by molar-refractivity contribution is -0.139. The number of unbranched alkanes of at least 4 members (excludes halogenated alkanes) is 1. The second-order valence-corrected chi connectivity index (χ2v) is 5.10. The van der Waals surface area contributed by atoms with Gasteiger partial charge >= 0.3 is 5.97 Å². The van der Waals surface area contributed by atoms with Gasteiger partial charge in [0.2, 0.25) is 0 Å². The minimum Gasteiger partial charge on any atom is -0.481 e. The van der Waals surface area contributed by atoms with Crippen LogP contribution in [0.5, 0.6) is 0 Å². The Morgan fingerprint density at radius 2 is 2.12 bits per heavy atom. The van der Waals surface area contributed by atoms with E-state index in [4.69, 9.17) is 5.11 Å². The molecular formula is C13H25NO2. The van der Waals surface area contributed by atoms with Crippen LogP contribution in [0.15, 0.2) is 0 Å². The minimum atomic E-state index is -0.650. The van der Waals surface area contributed by atoms with Crippen LogP contribution in [0.3, 0.4) is 0 Å². The van der Waals surface area contributed by atoms with Gasteiger partial charge in [0.1, 0.15) is 0 Å². The molecule has 0 aliphatic carbocycles. The van der Waals surface area contributed by atoms with Gasteiger partial charge in [-0.2, -0.15) is 0 Å². The summed E-state index contributed by atoms with van der Waals surface area (Å²) in [5.41, 5.74) is 0. The van der Waals surface area contributed by atoms with Crippen LogP contribution in [0.25, 0.3) is 0 Å². The van der Waals surface area contributed by atoms with E-state index in [0.29, 0.717) is 12.3 Å². The summed E-state index contributed by atoms with van der Waals surface area (Å²) in [5, 5.41) is 8.66. The molecule has 0 radical (unpaired) electrons. The summed E-state index contributed by atoms with van der Waals surface area (Å²) >= 11 is 0. The predicted octanol–water partition coefficient (Wildman–Crippen LogP) is 2.61. The van der Waals surface area contributed by atoms with Crippen molar-refractivity contribution < 1.29 is 9.90 Å². The zero-order chi connectivity index (χ0) is 12.0. The Kier molecular flexibility index (Phi) is 5.81. The normalized spacial score (nSPS) is 19.4. The van der Waals surface area contributed by atoms with Gasteiger partial charge in [-0.1, -0.05) is 33.1 Å². The van der Waals surface area contributed by atoms with Crippen molar-refractivity contribution in [3.8, 4) is 0 Å². The van der Waals surface area contributed by atoms with Crippen LogP contribution >= 0.6 is 0 Å². The molecule has 1 rings (SSSR count). The standard InChI is InChI=1S/C13H25NO2/c1-3-5-6-11(4-2)8-14-9-12(10-14)7-13(15)16/h11-12H,3-10H2,1-2H3,(H,15,16). The van der Waals surface area contributed by atoms with E-state index in [1.165, 1.54) is 32.2 Å². The fraction of sp³-hybridized carbons (Fsp3) is 0.923. The molecule has 0 spiro atoms. The average molecular weight is 227 g/mol. The molecule has 0 saturated carbocycles. The van der Waals surface area contributed by atoms with Crippen molar-refractivity contribution in [1.82, 2.24) is 4.90 Å². The topological polar surface area (TPSA) is 40.5 Å². The van der Waals surface area contributed by atoms with Crippen molar-refractivity contribution in [3.05, 3.63) is 0 Å². The molecule has 1 atom stereocenters. The monoisotopic (exact) mass is 227 g/mol. The lowest BCUT2D eigenvalue weighted by Gasteiger charge is -2.40. The molecule has 0 aromatic rings. The molecule has 1 saturated heterocycles. The molecule has 1 unspecified atom stereocenters. The Hall–Kier alpha value is -0.570. The smallest absolute Gasteiger partial charge is 0.303 e. The summed E-state index contributed by atoms with van der Waals surface area (Å²) in [5.74, 6) is 0.564. The van der Waals surface area contributed by atoms with E-state index in [0.717, 1.165) is 19.0 Å². The van der Waals surface area contributed by atoms with Gasteiger partial charge in [-0.15, -0.1) is 0 Å². The minimum absolute atomic E-state index is 0.349. The number of carboxylic acids is 1. The first-order valence-corrected chi connectivity index (χ1v) is 6.59. The van der Waals surface area contributed by atoms with Gasteiger partial charge in [0.25, 0.3) is 0 Å². The van der Waals surface area contributed by atoms with Gasteiger partial charge < -0.3 is 10.0 Å². The number of carboxylic acid groups (broad SMARTS) is 1. The third-order valence-corrected chi connectivity index (χ3v) is 3.56.